The van der Waals surface area contributed by atoms with Crippen molar-refractivity contribution in [1.82, 2.24) is 9.55 Å². The Morgan fingerprint density at radius 3 is 2.74 bits per heavy atom. The van der Waals surface area contributed by atoms with Gasteiger partial charge in [-0.25, -0.2) is 4.98 Å². The Bertz CT molecular complexity index is 1520. The minimum absolute atomic E-state index is 0.0789. The molecule has 6 rings (SSSR count). The van der Waals surface area contributed by atoms with Crippen LogP contribution < -0.4 is 10.9 Å². The number of carbonyl (C=O) groups excluding carboxylic acids is 1. The highest BCUT2D eigenvalue weighted by atomic mass is 32.1. The summed E-state index contributed by atoms with van der Waals surface area (Å²) in [6.07, 6.45) is 3.54. The summed E-state index contributed by atoms with van der Waals surface area (Å²) in [6, 6.07) is 14.2. The Labute approximate surface area is 185 Å². The number of aromatic nitrogens is 2. The summed E-state index contributed by atoms with van der Waals surface area (Å²) in [6.45, 7) is -0.0789. The van der Waals surface area contributed by atoms with Crippen molar-refractivity contribution >= 4 is 55.3 Å². The number of thiophene rings is 2. The maximum Gasteiger partial charge on any atom is 0.263 e. The quantitative estimate of drug-likeness (QED) is 0.421. The Kier molecular flexibility index (Phi) is 4.26. The Morgan fingerprint density at radius 2 is 1.90 bits per heavy atom. The van der Waals surface area contributed by atoms with Crippen LogP contribution >= 0.6 is 22.7 Å². The summed E-state index contributed by atoms with van der Waals surface area (Å²) in [4.78, 5) is 32.2. The lowest BCUT2D eigenvalue weighted by Crippen LogP contribution is -2.27. The van der Waals surface area contributed by atoms with Gasteiger partial charge in [0.25, 0.3) is 5.56 Å². The molecule has 2 aromatic carbocycles. The van der Waals surface area contributed by atoms with Crippen molar-refractivity contribution in [3.05, 3.63) is 81.0 Å². The number of fused-ring (bicyclic) bond motifs is 1. The van der Waals surface area contributed by atoms with Crippen LogP contribution in [0.5, 0.6) is 0 Å². The molecule has 1 amide bonds. The summed E-state index contributed by atoms with van der Waals surface area (Å²) in [5.74, 6) is -0.241. The lowest BCUT2D eigenvalue weighted by atomic mass is 10.0. The third-order valence-corrected chi connectivity index (χ3v) is 7.60. The first kappa shape index (κ1) is 18.5. The predicted molar refractivity (Wildman–Crippen MR) is 127 cm³/mol. The van der Waals surface area contributed by atoms with Crippen LogP contribution in [0.4, 0.5) is 5.69 Å². The SMILES string of the molecule is O=C(Cn1cnc2scc(-c3cccs3)c2c1=O)Nc1ccc2c3c(cccc13)CC2. The monoisotopic (exact) mass is 443 g/mol. The topological polar surface area (TPSA) is 64.0 Å². The van der Waals surface area contributed by atoms with Crippen LogP contribution in [0.25, 0.3) is 31.4 Å². The zero-order valence-corrected chi connectivity index (χ0v) is 18.1. The average molecular weight is 444 g/mol. The molecule has 0 saturated heterocycles. The van der Waals surface area contributed by atoms with E-state index in [9.17, 15) is 9.59 Å². The highest BCUT2D eigenvalue weighted by Gasteiger charge is 2.18. The van der Waals surface area contributed by atoms with Gasteiger partial charge in [-0.15, -0.1) is 22.7 Å². The van der Waals surface area contributed by atoms with Crippen molar-refractivity contribution in [2.75, 3.05) is 5.32 Å². The third-order valence-electron chi connectivity index (χ3n) is 5.81. The fraction of sp³-hybridized carbons (Fsp3) is 0.125. The second kappa shape index (κ2) is 7.14. The molecule has 31 heavy (non-hydrogen) atoms. The van der Waals surface area contributed by atoms with E-state index < -0.39 is 0 Å². The number of carbonyl (C=O) groups is 1. The van der Waals surface area contributed by atoms with Crippen molar-refractivity contribution in [2.24, 2.45) is 0 Å². The molecule has 5 nitrogen and oxygen atoms in total. The smallest absolute Gasteiger partial charge is 0.263 e. The van der Waals surface area contributed by atoms with E-state index in [0.717, 1.165) is 34.4 Å². The van der Waals surface area contributed by atoms with Gasteiger partial charge in [-0.2, -0.15) is 0 Å². The van der Waals surface area contributed by atoms with Crippen molar-refractivity contribution in [3.63, 3.8) is 0 Å². The van der Waals surface area contributed by atoms with E-state index in [4.69, 9.17) is 0 Å². The van der Waals surface area contributed by atoms with E-state index in [-0.39, 0.29) is 18.0 Å². The predicted octanol–water partition coefficient (Wildman–Crippen LogP) is 5.08. The summed E-state index contributed by atoms with van der Waals surface area (Å²) in [5, 5.41) is 9.83. The van der Waals surface area contributed by atoms with Gasteiger partial charge in [-0.05, 0) is 46.9 Å². The Morgan fingerprint density at radius 1 is 1.03 bits per heavy atom. The van der Waals surface area contributed by atoms with Gasteiger partial charge in [0.15, 0.2) is 0 Å². The van der Waals surface area contributed by atoms with Crippen molar-refractivity contribution < 1.29 is 4.79 Å². The number of hydrogen-bond donors (Lipinski definition) is 1. The minimum Gasteiger partial charge on any atom is -0.324 e. The Balaban J connectivity index is 1.33. The van der Waals surface area contributed by atoms with Crippen molar-refractivity contribution in [3.8, 4) is 10.4 Å². The van der Waals surface area contributed by atoms with Gasteiger partial charge in [0, 0.05) is 26.9 Å². The number of nitrogens with zero attached hydrogens (tertiary/aromatic N) is 2. The molecule has 0 spiro atoms. The molecule has 0 unspecified atom stereocenters. The normalized spacial score (nSPS) is 12.6. The summed E-state index contributed by atoms with van der Waals surface area (Å²) in [7, 11) is 0. The van der Waals surface area contributed by atoms with Crippen LogP contribution in [0.1, 0.15) is 11.1 Å². The summed E-state index contributed by atoms with van der Waals surface area (Å²) in [5.41, 5.74) is 4.13. The maximum atomic E-state index is 13.2. The van der Waals surface area contributed by atoms with Crippen LogP contribution in [0, 0.1) is 0 Å². The fourth-order valence-electron chi connectivity index (χ4n) is 4.39. The van der Waals surface area contributed by atoms with Gasteiger partial charge in [-0.1, -0.05) is 30.3 Å². The zero-order chi connectivity index (χ0) is 20.9. The summed E-state index contributed by atoms with van der Waals surface area (Å²) >= 11 is 3.03. The molecule has 7 heteroatoms. The van der Waals surface area contributed by atoms with Crippen LogP contribution in [-0.2, 0) is 24.2 Å². The molecule has 0 atom stereocenters. The molecule has 5 aromatic rings. The third kappa shape index (κ3) is 3.00. The molecule has 0 saturated carbocycles. The highest BCUT2D eigenvalue weighted by molar-refractivity contribution is 7.18. The first-order valence-corrected chi connectivity index (χ1v) is 11.8. The lowest BCUT2D eigenvalue weighted by molar-refractivity contribution is -0.116. The molecule has 1 aliphatic carbocycles. The molecule has 1 N–H and O–H groups in total. The molecule has 1 aliphatic rings. The van der Waals surface area contributed by atoms with Crippen LogP contribution in [0.2, 0.25) is 0 Å². The second-order valence-electron chi connectivity index (χ2n) is 7.64. The molecule has 0 fully saturated rings. The molecule has 0 aliphatic heterocycles. The molecular weight excluding hydrogens is 426 g/mol. The first-order valence-electron chi connectivity index (χ1n) is 10.0. The molecule has 0 bridgehead atoms. The van der Waals surface area contributed by atoms with Gasteiger partial charge in [-0.3, -0.25) is 14.2 Å². The van der Waals surface area contributed by atoms with Crippen LogP contribution in [-0.4, -0.2) is 15.5 Å². The summed E-state index contributed by atoms with van der Waals surface area (Å²) < 4.78 is 1.39. The van der Waals surface area contributed by atoms with E-state index >= 15 is 0 Å². The molecule has 0 radical (unpaired) electrons. The number of nitrogens with one attached hydrogen (secondary N) is 1. The maximum absolute atomic E-state index is 13.2. The number of hydrogen-bond acceptors (Lipinski definition) is 5. The van der Waals surface area contributed by atoms with Gasteiger partial charge < -0.3 is 5.32 Å². The highest BCUT2D eigenvalue weighted by Crippen LogP contribution is 2.35. The van der Waals surface area contributed by atoms with E-state index in [1.165, 1.54) is 38.7 Å². The molecule has 3 heterocycles. The van der Waals surface area contributed by atoms with Gasteiger partial charge in [0.05, 0.1) is 11.7 Å². The largest absolute Gasteiger partial charge is 0.324 e. The molecular formula is C24H17N3O2S2. The number of benzene rings is 2. The number of amides is 1. The van der Waals surface area contributed by atoms with Gasteiger partial charge >= 0.3 is 0 Å². The molecule has 3 aromatic heterocycles. The average Bonchev–Trinajstić information content (AvgIpc) is 3.52. The number of rotatable bonds is 4. The minimum atomic E-state index is -0.241. The Hall–Kier alpha value is -3.29. The molecule has 152 valence electrons. The van der Waals surface area contributed by atoms with Crippen molar-refractivity contribution in [2.45, 2.75) is 19.4 Å². The van der Waals surface area contributed by atoms with E-state index in [1.807, 2.05) is 41.1 Å². The van der Waals surface area contributed by atoms with Gasteiger partial charge in [0.1, 0.15) is 11.4 Å². The van der Waals surface area contributed by atoms with Crippen LogP contribution in [0.3, 0.4) is 0 Å². The van der Waals surface area contributed by atoms with Crippen LogP contribution in [0.15, 0.2) is 64.3 Å². The fourth-order valence-corrected chi connectivity index (χ4v) is 6.11. The number of aryl methyl sites for hydroxylation is 2. The second-order valence-corrected chi connectivity index (χ2v) is 9.45. The van der Waals surface area contributed by atoms with E-state index in [2.05, 4.69) is 22.4 Å². The zero-order valence-electron chi connectivity index (χ0n) is 16.4. The van der Waals surface area contributed by atoms with E-state index in [0.29, 0.717) is 10.2 Å². The first-order chi connectivity index (χ1) is 15.2. The van der Waals surface area contributed by atoms with Gasteiger partial charge in [0.2, 0.25) is 5.91 Å². The number of anilines is 1. The van der Waals surface area contributed by atoms with E-state index in [1.54, 1.807) is 11.3 Å². The standard InChI is InChI=1S/C24H17N3O2S2/c28-20(26-18-9-8-15-7-6-14-3-1-4-16(18)21(14)15)11-27-13-25-23-22(24(27)29)17(12-31-23)19-5-2-10-30-19/h1-5,8-10,12-13H,6-7,11H2,(H,26,28). The lowest BCUT2D eigenvalue weighted by Gasteiger charge is -2.11. The van der Waals surface area contributed by atoms with Crippen molar-refractivity contribution in [1.29, 1.82) is 0 Å².